The number of benzene rings is 2. The molecule has 3 aromatic rings. The van der Waals surface area contributed by atoms with Crippen molar-refractivity contribution in [2.24, 2.45) is 0 Å². The summed E-state index contributed by atoms with van der Waals surface area (Å²) in [5.74, 6) is 0.902. The largest absolute Gasteiger partial charge is 0.338 e. The van der Waals surface area contributed by atoms with E-state index in [0.717, 1.165) is 27.3 Å². The zero-order valence-corrected chi connectivity index (χ0v) is 10.3. The maximum Gasteiger partial charge on any atom is 0.138 e. The number of nitrogens with zero attached hydrogens (tertiary/aromatic N) is 1. The fraction of sp³-hybridized carbons (Fsp3) is 0.0714. The molecule has 0 spiro atoms. The number of hydrogen-bond acceptors (Lipinski definition) is 2. The van der Waals surface area contributed by atoms with Gasteiger partial charge in [0.15, 0.2) is 0 Å². The third-order valence-electron chi connectivity index (χ3n) is 2.89. The number of hydrogen-bond donors (Lipinski definition) is 2. The van der Waals surface area contributed by atoms with Gasteiger partial charge < -0.3 is 4.98 Å². The molecule has 3 rings (SSSR count). The summed E-state index contributed by atoms with van der Waals surface area (Å²) in [4.78, 5) is 8.85. The first kappa shape index (κ1) is 10.4. The third kappa shape index (κ3) is 1.72. The number of aromatic nitrogens is 2. The van der Waals surface area contributed by atoms with Gasteiger partial charge >= 0.3 is 0 Å². The lowest BCUT2D eigenvalue weighted by Gasteiger charge is -2.00. The van der Waals surface area contributed by atoms with Crippen LogP contribution in [0.5, 0.6) is 0 Å². The fourth-order valence-corrected chi connectivity index (χ4v) is 2.24. The highest BCUT2D eigenvalue weighted by molar-refractivity contribution is 7.80. The van der Waals surface area contributed by atoms with E-state index in [1.54, 1.807) is 0 Å². The van der Waals surface area contributed by atoms with Crippen LogP contribution in [-0.2, 0) is 0 Å². The van der Waals surface area contributed by atoms with Gasteiger partial charge in [-0.15, -0.1) is 12.6 Å². The lowest BCUT2D eigenvalue weighted by molar-refractivity contribution is 1.30. The number of para-hydroxylation sites is 1. The number of rotatable bonds is 1. The quantitative estimate of drug-likeness (QED) is 0.622. The lowest BCUT2D eigenvalue weighted by atomic mass is 10.1. The molecule has 0 saturated carbocycles. The monoisotopic (exact) mass is 240 g/mol. The summed E-state index contributed by atoms with van der Waals surface area (Å²) >= 11 is 4.42. The summed E-state index contributed by atoms with van der Waals surface area (Å²) in [5, 5.41) is 0. The van der Waals surface area contributed by atoms with Gasteiger partial charge in [-0.1, -0.05) is 30.3 Å². The van der Waals surface area contributed by atoms with Gasteiger partial charge in [0.25, 0.3) is 0 Å². The van der Waals surface area contributed by atoms with E-state index in [2.05, 4.69) is 41.7 Å². The zero-order chi connectivity index (χ0) is 11.8. The summed E-state index contributed by atoms with van der Waals surface area (Å²) < 4.78 is 0. The lowest BCUT2D eigenvalue weighted by Crippen LogP contribution is -1.83. The zero-order valence-electron chi connectivity index (χ0n) is 9.44. The van der Waals surface area contributed by atoms with Crippen molar-refractivity contribution in [1.29, 1.82) is 0 Å². The van der Waals surface area contributed by atoms with Gasteiger partial charge in [-0.05, 0) is 24.6 Å². The maximum atomic E-state index is 4.61. The molecule has 2 aromatic carbocycles. The van der Waals surface area contributed by atoms with Crippen LogP contribution >= 0.6 is 12.6 Å². The number of thiol groups is 1. The van der Waals surface area contributed by atoms with E-state index in [0.29, 0.717) is 0 Å². The van der Waals surface area contributed by atoms with Gasteiger partial charge in [0.2, 0.25) is 0 Å². The molecule has 17 heavy (non-hydrogen) atoms. The molecule has 0 aliphatic heterocycles. The van der Waals surface area contributed by atoms with Crippen molar-refractivity contribution >= 4 is 23.7 Å². The first-order valence-corrected chi connectivity index (χ1v) is 5.94. The molecule has 0 aliphatic rings. The number of aromatic amines is 1. The summed E-state index contributed by atoms with van der Waals surface area (Å²) in [6.45, 7) is 2.09. The molecule has 84 valence electrons. The van der Waals surface area contributed by atoms with Crippen molar-refractivity contribution in [3.8, 4) is 11.4 Å². The molecule has 0 saturated heterocycles. The second kappa shape index (κ2) is 3.93. The molecular weight excluding hydrogens is 228 g/mol. The van der Waals surface area contributed by atoms with Crippen LogP contribution in [0.4, 0.5) is 0 Å². The molecule has 1 aromatic heterocycles. The summed E-state index contributed by atoms with van der Waals surface area (Å²) in [7, 11) is 0. The Morgan fingerprint density at radius 3 is 2.65 bits per heavy atom. The van der Waals surface area contributed by atoms with Crippen LogP contribution < -0.4 is 0 Å². The summed E-state index contributed by atoms with van der Waals surface area (Å²) in [5.41, 5.74) is 4.30. The summed E-state index contributed by atoms with van der Waals surface area (Å²) in [6, 6.07) is 14.2. The van der Waals surface area contributed by atoms with Gasteiger partial charge in [0.1, 0.15) is 11.3 Å². The second-order valence-corrected chi connectivity index (χ2v) is 4.56. The van der Waals surface area contributed by atoms with Crippen LogP contribution in [0.25, 0.3) is 22.4 Å². The molecular formula is C14H12N2S. The first-order valence-electron chi connectivity index (χ1n) is 5.49. The molecule has 0 radical (unpaired) electrons. The first-order chi connectivity index (χ1) is 8.25. The predicted octanol–water partition coefficient (Wildman–Crippen LogP) is 3.83. The number of H-pyrrole nitrogens is 1. The molecule has 0 amide bonds. The molecule has 0 fully saturated rings. The molecule has 2 nitrogen and oxygen atoms in total. The van der Waals surface area contributed by atoms with E-state index in [-0.39, 0.29) is 0 Å². The molecule has 0 atom stereocenters. The third-order valence-corrected chi connectivity index (χ3v) is 3.25. The van der Waals surface area contributed by atoms with E-state index in [1.165, 1.54) is 5.56 Å². The van der Waals surface area contributed by atoms with Crippen molar-refractivity contribution in [1.82, 2.24) is 9.97 Å². The Kier molecular flexibility index (Phi) is 2.41. The Bertz CT molecular complexity index is 686. The minimum atomic E-state index is 0.901. The van der Waals surface area contributed by atoms with E-state index in [1.807, 2.05) is 30.3 Å². The molecule has 3 heteroatoms. The predicted molar refractivity (Wildman–Crippen MR) is 73.5 cm³/mol. The summed E-state index contributed by atoms with van der Waals surface area (Å²) in [6.07, 6.45) is 0. The minimum Gasteiger partial charge on any atom is -0.338 e. The van der Waals surface area contributed by atoms with Crippen LogP contribution in [0.2, 0.25) is 0 Å². The number of nitrogens with one attached hydrogen (secondary N) is 1. The highest BCUT2D eigenvalue weighted by Crippen LogP contribution is 2.26. The molecule has 0 aliphatic carbocycles. The number of imidazole rings is 1. The van der Waals surface area contributed by atoms with Crippen LogP contribution in [-0.4, -0.2) is 9.97 Å². The van der Waals surface area contributed by atoms with Gasteiger partial charge in [-0.25, -0.2) is 4.98 Å². The topological polar surface area (TPSA) is 28.7 Å². The van der Waals surface area contributed by atoms with Crippen LogP contribution in [0, 0.1) is 6.92 Å². The minimum absolute atomic E-state index is 0.901. The Morgan fingerprint density at radius 2 is 1.88 bits per heavy atom. The SMILES string of the molecule is Cc1ccccc1-c1nc2c(S)cccc2[nH]1. The smallest absolute Gasteiger partial charge is 0.138 e. The van der Waals surface area contributed by atoms with E-state index in [9.17, 15) is 0 Å². The van der Waals surface area contributed by atoms with Gasteiger partial charge in [0.05, 0.1) is 5.52 Å². The Balaban J connectivity index is 2.26. The van der Waals surface area contributed by atoms with Gasteiger partial charge in [0, 0.05) is 10.5 Å². The van der Waals surface area contributed by atoms with E-state index in [4.69, 9.17) is 0 Å². The normalized spacial score (nSPS) is 10.9. The van der Waals surface area contributed by atoms with Crippen molar-refractivity contribution in [2.75, 3.05) is 0 Å². The number of aryl methyl sites for hydroxylation is 1. The highest BCUT2D eigenvalue weighted by atomic mass is 32.1. The molecule has 1 N–H and O–H groups in total. The van der Waals surface area contributed by atoms with Gasteiger partial charge in [-0.3, -0.25) is 0 Å². The second-order valence-electron chi connectivity index (χ2n) is 4.07. The fourth-order valence-electron chi connectivity index (χ4n) is 1.98. The maximum absolute atomic E-state index is 4.61. The Morgan fingerprint density at radius 1 is 1.06 bits per heavy atom. The van der Waals surface area contributed by atoms with Crippen molar-refractivity contribution in [3.63, 3.8) is 0 Å². The molecule has 1 heterocycles. The standard InChI is InChI=1S/C14H12N2S/c1-9-5-2-3-6-10(9)14-15-11-7-4-8-12(17)13(11)16-14/h2-8,17H,1H3,(H,15,16). The van der Waals surface area contributed by atoms with Gasteiger partial charge in [-0.2, -0.15) is 0 Å². The average molecular weight is 240 g/mol. The van der Waals surface area contributed by atoms with Crippen molar-refractivity contribution < 1.29 is 0 Å². The number of fused-ring (bicyclic) bond motifs is 1. The highest BCUT2D eigenvalue weighted by Gasteiger charge is 2.08. The molecule has 0 unspecified atom stereocenters. The van der Waals surface area contributed by atoms with E-state index < -0.39 is 0 Å². The Labute approximate surface area is 105 Å². The van der Waals surface area contributed by atoms with Crippen molar-refractivity contribution in [2.45, 2.75) is 11.8 Å². The van der Waals surface area contributed by atoms with E-state index >= 15 is 0 Å². The van der Waals surface area contributed by atoms with Crippen LogP contribution in [0.3, 0.4) is 0 Å². The molecule has 0 bridgehead atoms. The van der Waals surface area contributed by atoms with Crippen LogP contribution in [0.1, 0.15) is 5.56 Å². The van der Waals surface area contributed by atoms with Crippen LogP contribution in [0.15, 0.2) is 47.4 Å². The van der Waals surface area contributed by atoms with Crippen molar-refractivity contribution in [3.05, 3.63) is 48.0 Å². The Hall–Kier alpha value is -1.74. The average Bonchev–Trinajstić information content (AvgIpc) is 2.75.